The molecule has 1 rings (SSSR count). The zero-order valence-electron chi connectivity index (χ0n) is 9.58. The molecule has 0 amide bonds. The van der Waals surface area contributed by atoms with Crippen LogP contribution in [-0.4, -0.2) is 31.5 Å². The number of hydrogen-bond donors (Lipinski definition) is 1. The summed E-state index contributed by atoms with van der Waals surface area (Å²) in [7, 11) is 1.63. The Kier molecular flexibility index (Phi) is 5.11. The van der Waals surface area contributed by atoms with Crippen molar-refractivity contribution in [2.24, 2.45) is 0 Å². The molecule has 0 aromatic carbocycles. The number of anilines is 1. The second kappa shape index (κ2) is 6.37. The molecule has 0 aliphatic carbocycles. The van der Waals surface area contributed by atoms with Gasteiger partial charge in [0, 0.05) is 25.4 Å². The number of alkyl halides is 2. The summed E-state index contributed by atoms with van der Waals surface area (Å²) in [6.07, 6.45) is -0.730. The summed E-state index contributed by atoms with van der Waals surface area (Å²) in [6.45, 7) is 3.19. The maximum Gasteiger partial charge on any atom is 0.255 e. The first-order valence-corrected chi connectivity index (χ1v) is 5.29. The average molecular weight is 229 g/mol. The molecule has 0 radical (unpaired) electrons. The SMILES string of the molecule is CCNCc1cccnc1N(C)CC(F)F. The van der Waals surface area contributed by atoms with Gasteiger partial charge in [0.15, 0.2) is 0 Å². The summed E-state index contributed by atoms with van der Waals surface area (Å²) < 4.78 is 24.5. The van der Waals surface area contributed by atoms with E-state index in [4.69, 9.17) is 0 Å². The Morgan fingerprint density at radius 1 is 1.50 bits per heavy atom. The van der Waals surface area contributed by atoms with E-state index in [1.54, 1.807) is 13.2 Å². The molecule has 16 heavy (non-hydrogen) atoms. The van der Waals surface area contributed by atoms with Gasteiger partial charge in [-0.05, 0) is 12.6 Å². The van der Waals surface area contributed by atoms with Gasteiger partial charge in [0.25, 0.3) is 6.43 Å². The van der Waals surface area contributed by atoms with Gasteiger partial charge in [-0.25, -0.2) is 13.8 Å². The molecule has 0 aliphatic heterocycles. The van der Waals surface area contributed by atoms with Crippen molar-refractivity contribution in [1.82, 2.24) is 10.3 Å². The van der Waals surface area contributed by atoms with Gasteiger partial charge in [-0.15, -0.1) is 0 Å². The molecule has 1 heterocycles. The summed E-state index contributed by atoms with van der Waals surface area (Å²) in [4.78, 5) is 5.62. The van der Waals surface area contributed by atoms with Gasteiger partial charge < -0.3 is 10.2 Å². The van der Waals surface area contributed by atoms with Gasteiger partial charge in [-0.3, -0.25) is 0 Å². The van der Waals surface area contributed by atoms with Crippen LogP contribution in [0.5, 0.6) is 0 Å². The second-order valence-electron chi connectivity index (χ2n) is 3.54. The third kappa shape index (κ3) is 3.73. The third-order valence-corrected chi connectivity index (χ3v) is 2.21. The van der Waals surface area contributed by atoms with Crippen molar-refractivity contribution >= 4 is 5.82 Å². The lowest BCUT2D eigenvalue weighted by Gasteiger charge is -2.20. The molecule has 1 aromatic rings. The molecule has 0 spiro atoms. The maximum atomic E-state index is 12.3. The van der Waals surface area contributed by atoms with Crippen molar-refractivity contribution in [3.8, 4) is 0 Å². The highest BCUT2D eigenvalue weighted by atomic mass is 19.3. The molecule has 0 aliphatic rings. The molecule has 3 nitrogen and oxygen atoms in total. The predicted octanol–water partition coefficient (Wildman–Crippen LogP) is 1.89. The first-order valence-electron chi connectivity index (χ1n) is 5.29. The number of aromatic nitrogens is 1. The first-order chi connectivity index (χ1) is 7.65. The van der Waals surface area contributed by atoms with Crippen molar-refractivity contribution in [3.05, 3.63) is 23.9 Å². The van der Waals surface area contributed by atoms with Gasteiger partial charge in [0.2, 0.25) is 0 Å². The van der Waals surface area contributed by atoms with Crippen LogP contribution in [0.3, 0.4) is 0 Å². The molecule has 0 unspecified atom stereocenters. The van der Waals surface area contributed by atoms with E-state index in [0.717, 1.165) is 12.1 Å². The average Bonchev–Trinajstić information content (AvgIpc) is 2.25. The Hall–Kier alpha value is -1.23. The fraction of sp³-hybridized carbons (Fsp3) is 0.545. The fourth-order valence-corrected chi connectivity index (χ4v) is 1.47. The van der Waals surface area contributed by atoms with E-state index < -0.39 is 6.43 Å². The van der Waals surface area contributed by atoms with Crippen LogP contribution >= 0.6 is 0 Å². The Morgan fingerprint density at radius 2 is 2.25 bits per heavy atom. The molecular weight excluding hydrogens is 212 g/mol. The van der Waals surface area contributed by atoms with Crippen LogP contribution in [0.4, 0.5) is 14.6 Å². The quantitative estimate of drug-likeness (QED) is 0.807. The summed E-state index contributed by atoms with van der Waals surface area (Å²) >= 11 is 0. The van der Waals surface area contributed by atoms with Crippen molar-refractivity contribution in [2.75, 3.05) is 25.0 Å². The van der Waals surface area contributed by atoms with Crippen LogP contribution in [0.25, 0.3) is 0 Å². The smallest absolute Gasteiger partial charge is 0.255 e. The number of rotatable bonds is 6. The summed E-state index contributed by atoms with van der Waals surface area (Å²) in [5, 5.41) is 3.16. The van der Waals surface area contributed by atoms with Crippen LogP contribution in [0.15, 0.2) is 18.3 Å². The first kappa shape index (κ1) is 12.8. The van der Waals surface area contributed by atoms with Crippen molar-refractivity contribution in [1.29, 1.82) is 0 Å². The maximum absolute atomic E-state index is 12.3. The van der Waals surface area contributed by atoms with E-state index in [2.05, 4.69) is 10.3 Å². The van der Waals surface area contributed by atoms with E-state index in [1.165, 1.54) is 4.90 Å². The molecule has 0 bridgehead atoms. The minimum atomic E-state index is -2.35. The molecule has 0 saturated carbocycles. The van der Waals surface area contributed by atoms with E-state index >= 15 is 0 Å². The highest BCUT2D eigenvalue weighted by Gasteiger charge is 2.12. The Balaban J connectivity index is 2.76. The topological polar surface area (TPSA) is 28.2 Å². The number of hydrogen-bond acceptors (Lipinski definition) is 3. The monoisotopic (exact) mass is 229 g/mol. The van der Waals surface area contributed by atoms with E-state index in [-0.39, 0.29) is 6.54 Å². The standard InChI is InChI=1S/C11H17F2N3/c1-3-14-7-9-5-4-6-15-11(9)16(2)8-10(12)13/h4-6,10,14H,3,7-8H2,1-2H3. The second-order valence-corrected chi connectivity index (χ2v) is 3.54. The number of nitrogens with one attached hydrogen (secondary N) is 1. The third-order valence-electron chi connectivity index (χ3n) is 2.21. The number of halogens is 2. The minimum absolute atomic E-state index is 0.295. The van der Waals surface area contributed by atoms with Crippen LogP contribution in [0.1, 0.15) is 12.5 Å². The lowest BCUT2D eigenvalue weighted by Crippen LogP contribution is -2.27. The van der Waals surface area contributed by atoms with Crippen LogP contribution < -0.4 is 10.2 Å². The molecule has 5 heteroatoms. The fourth-order valence-electron chi connectivity index (χ4n) is 1.47. The normalized spacial score (nSPS) is 10.8. The molecule has 90 valence electrons. The zero-order chi connectivity index (χ0) is 12.0. The van der Waals surface area contributed by atoms with Gasteiger partial charge in [0.05, 0.1) is 6.54 Å². The van der Waals surface area contributed by atoms with E-state index in [9.17, 15) is 8.78 Å². The minimum Gasteiger partial charge on any atom is -0.354 e. The predicted molar refractivity (Wildman–Crippen MR) is 60.9 cm³/mol. The van der Waals surface area contributed by atoms with Crippen molar-refractivity contribution in [2.45, 2.75) is 19.9 Å². The Labute approximate surface area is 94.5 Å². The Morgan fingerprint density at radius 3 is 2.88 bits per heavy atom. The highest BCUT2D eigenvalue weighted by Crippen LogP contribution is 2.16. The summed E-state index contributed by atoms with van der Waals surface area (Å²) in [5.41, 5.74) is 0.938. The molecule has 0 saturated heterocycles. The van der Waals surface area contributed by atoms with Gasteiger partial charge in [0.1, 0.15) is 5.82 Å². The van der Waals surface area contributed by atoms with Gasteiger partial charge in [-0.2, -0.15) is 0 Å². The lowest BCUT2D eigenvalue weighted by atomic mass is 10.2. The molecule has 0 fully saturated rings. The van der Waals surface area contributed by atoms with Crippen LogP contribution in [0, 0.1) is 0 Å². The molecule has 1 aromatic heterocycles. The Bertz CT molecular complexity index is 318. The number of nitrogens with zero attached hydrogens (tertiary/aromatic N) is 2. The van der Waals surface area contributed by atoms with Gasteiger partial charge >= 0.3 is 0 Å². The molecule has 1 N–H and O–H groups in total. The van der Waals surface area contributed by atoms with Gasteiger partial charge in [-0.1, -0.05) is 13.0 Å². The van der Waals surface area contributed by atoms with Crippen molar-refractivity contribution < 1.29 is 8.78 Å². The van der Waals surface area contributed by atoms with Crippen LogP contribution in [0.2, 0.25) is 0 Å². The summed E-state index contributed by atoms with van der Waals surface area (Å²) in [6, 6.07) is 3.71. The molecular formula is C11H17F2N3. The zero-order valence-corrected chi connectivity index (χ0v) is 9.58. The van der Waals surface area contributed by atoms with E-state index in [0.29, 0.717) is 12.4 Å². The number of pyridine rings is 1. The highest BCUT2D eigenvalue weighted by molar-refractivity contribution is 5.45. The lowest BCUT2D eigenvalue weighted by molar-refractivity contribution is 0.156. The van der Waals surface area contributed by atoms with E-state index in [1.807, 2.05) is 19.1 Å². The largest absolute Gasteiger partial charge is 0.354 e. The summed E-state index contributed by atoms with van der Waals surface area (Å²) in [5.74, 6) is 0.615. The van der Waals surface area contributed by atoms with Crippen molar-refractivity contribution in [3.63, 3.8) is 0 Å². The van der Waals surface area contributed by atoms with Crippen LogP contribution in [-0.2, 0) is 6.54 Å². The molecule has 0 atom stereocenters.